The largest absolute Gasteiger partial charge is 0.444 e. The van der Waals surface area contributed by atoms with E-state index in [1.165, 1.54) is 10.9 Å². The summed E-state index contributed by atoms with van der Waals surface area (Å²) in [5.74, 6) is 1.59. The predicted octanol–water partition coefficient (Wildman–Crippen LogP) is 4.01. The predicted molar refractivity (Wildman–Crippen MR) is 152 cm³/mol. The van der Waals surface area contributed by atoms with Crippen LogP contribution in [0.1, 0.15) is 53.0 Å². The molecule has 0 aliphatic carbocycles. The summed E-state index contributed by atoms with van der Waals surface area (Å²) in [4.78, 5) is 54.6. The van der Waals surface area contributed by atoms with Crippen LogP contribution in [0.3, 0.4) is 0 Å². The van der Waals surface area contributed by atoms with Crippen molar-refractivity contribution in [3.8, 4) is 0 Å². The van der Waals surface area contributed by atoms with Gasteiger partial charge in [-0.1, -0.05) is 19.9 Å². The highest BCUT2D eigenvalue weighted by Gasteiger charge is 2.32. The monoisotopic (exact) mass is 550 g/mol. The second-order valence-corrected chi connectivity index (χ2v) is 11.1. The Bertz CT molecular complexity index is 1360. The lowest BCUT2D eigenvalue weighted by Crippen LogP contribution is -2.52. The first-order chi connectivity index (χ1) is 19.0. The van der Waals surface area contributed by atoms with E-state index < -0.39 is 17.7 Å². The van der Waals surface area contributed by atoms with Crippen LogP contribution in [0.15, 0.2) is 36.9 Å². The molecule has 0 bridgehead atoms. The highest BCUT2D eigenvalue weighted by molar-refractivity contribution is 5.99. The molecule has 2 N–H and O–H groups in total. The number of rotatable bonds is 6. The zero-order chi connectivity index (χ0) is 29.0. The lowest BCUT2D eigenvalue weighted by Gasteiger charge is -2.42. The van der Waals surface area contributed by atoms with E-state index in [2.05, 4.69) is 37.4 Å². The lowest BCUT2D eigenvalue weighted by molar-refractivity contribution is -0.132. The summed E-state index contributed by atoms with van der Waals surface area (Å²) in [5, 5.41) is 6.20. The Morgan fingerprint density at radius 3 is 2.60 bits per heavy atom. The number of piperidine rings is 1. The second-order valence-electron chi connectivity index (χ2n) is 11.1. The van der Waals surface area contributed by atoms with Gasteiger partial charge in [-0.3, -0.25) is 14.7 Å². The van der Waals surface area contributed by atoms with Gasteiger partial charge in [0.25, 0.3) is 0 Å². The molecule has 0 saturated carbocycles. The van der Waals surface area contributed by atoms with Crippen molar-refractivity contribution < 1.29 is 19.1 Å². The molecule has 0 aromatic carbocycles. The van der Waals surface area contributed by atoms with Gasteiger partial charge in [0.1, 0.15) is 23.6 Å². The molecule has 12 nitrogen and oxygen atoms in total. The second kappa shape index (κ2) is 11.9. The molecule has 1 saturated heterocycles. The van der Waals surface area contributed by atoms with E-state index in [0.717, 1.165) is 23.9 Å². The van der Waals surface area contributed by atoms with Crippen LogP contribution >= 0.6 is 0 Å². The van der Waals surface area contributed by atoms with Crippen molar-refractivity contribution in [3.05, 3.63) is 42.5 Å². The molecule has 3 amide bonds. The molecule has 0 spiro atoms. The van der Waals surface area contributed by atoms with Gasteiger partial charge in [-0.05, 0) is 50.8 Å². The number of nitrogens with zero attached hydrogens (tertiary/aromatic N) is 6. The Hall–Kier alpha value is -4.22. The van der Waals surface area contributed by atoms with Crippen molar-refractivity contribution in [1.29, 1.82) is 0 Å². The van der Waals surface area contributed by atoms with E-state index in [1.54, 1.807) is 45.3 Å². The van der Waals surface area contributed by atoms with Gasteiger partial charge in [-0.15, -0.1) is 0 Å². The van der Waals surface area contributed by atoms with E-state index in [4.69, 9.17) is 4.74 Å². The number of aromatic nitrogens is 4. The Balaban J connectivity index is 1.44. The number of hydrogen-bond donors (Lipinski definition) is 2. The van der Waals surface area contributed by atoms with Crippen molar-refractivity contribution in [1.82, 2.24) is 29.7 Å². The standard InChI is InChI=1S/C28H38N8O4/c1-7-23(37)35-12-10-18(2)21(16-35)34(6)24-20-11-13-36(25(20)32-17-31-24)26(38)33-22-9-8-19(14-29-22)15-30-27(39)40-28(3,4)5/h8-9,11,13-14,17-18,21H,7,10,12,15-16H2,1-6H3,(H,30,39)(H,29,33,38)/t18-,21+/m1/s1. The number of fused-ring (bicyclic) bond motifs is 1. The Labute approximate surface area is 234 Å². The summed E-state index contributed by atoms with van der Waals surface area (Å²) in [6.45, 7) is 11.1. The van der Waals surface area contributed by atoms with E-state index in [-0.39, 0.29) is 18.5 Å². The molecule has 0 radical (unpaired) electrons. The maximum absolute atomic E-state index is 13.1. The molecule has 12 heteroatoms. The number of alkyl carbamates (subject to hydrolysis) is 1. The summed E-state index contributed by atoms with van der Waals surface area (Å²) in [6, 6.07) is 4.92. The van der Waals surface area contributed by atoms with Gasteiger partial charge in [-0.2, -0.15) is 0 Å². The van der Waals surface area contributed by atoms with Gasteiger partial charge in [-0.25, -0.2) is 24.5 Å². The SMILES string of the molecule is CCC(=O)N1CC[C@@H](C)[C@@H](N(C)c2ncnc3c2ccn3C(=O)Nc2ccc(CNC(=O)OC(C)(C)C)cn2)C1. The number of ether oxygens (including phenoxy) is 1. The van der Waals surface area contributed by atoms with Crippen molar-refractivity contribution in [2.75, 3.05) is 30.4 Å². The summed E-state index contributed by atoms with van der Waals surface area (Å²) in [7, 11) is 1.98. The van der Waals surface area contributed by atoms with Gasteiger partial charge in [0.05, 0.1) is 11.4 Å². The van der Waals surface area contributed by atoms with Crippen LogP contribution in [-0.2, 0) is 16.1 Å². The number of likely N-dealkylation sites (tertiary alicyclic amines) is 1. The minimum atomic E-state index is -0.579. The minimum absolute atomic E-state index is 0.0899. The number of carbonyl (C=O) groups is 3. The minimum Gasteiger partial charge on any atom is -0.444 e. The van der Waals surface area contributed by atoms with Gasteiger partial charge in [0.15, 0.2) is 5.65 Å². The molecule has 2 atom stereocenters. The third-order valence-electron chi connectivity index (χ3n) is 6.98. The van der Waals surface area contributed by atoms with Crippen molar-refractivity contribution in [3.63, 3.8) is 0 Å². The smallest absolute Gasteiger partial charge is 0.407 e. The third-order valence-corrected chi connectivity index (χ3v) is 6.98. The Kier molecular flexibility index (Phi) is 8.55. The molecule has 214 valence electrons. The molecule has 3 aromatic rings. The number of anilines is 2. The fraction of sp³-hybridized carbons (Fsp3) is 0.500. The maximum Gasteiger partial charge on any atom is 0.407 e. The van der Waals surface area contributed by atoms with Gasteiger partial charge < -0.3 is 19.9 Å². The van der Waals surface area contributed by atoms with Crippen molar-refractivity contribution in [2.45, 2.75) is 65.6 Å². The summed E-state index contributed by atoms with van der Waals surface area (Å²) < 4.78 is 6.66. The normalized spacial score (nSPS) is 17.4. The fourth-order valence-electron chi connectivity index (χ4n) is 4.80. The zero-order valence-electron chi connectivity index (χ0n) is 24.0. The molecule has 0 unspecified atom stereocenters. The quantitative estimate of drug-likeness (QED) is 0.470. The highest BCUT2D eigenvalue weighted by atomic mass is 16.6. The third kappa shape index (κ3) is 6.67. The number of carbonyl (C=O) groups excluding carboxylic acids is 3. The molecular weight excluding hydrogens is 512 g/mol. The summed E-state index contributed by atoms with van der Waals surface area (Å²) in [5.41, 5.74) is 0.648. The molecule has 4 heterocycles. The average Bonchev–Trinajstić information content (AvgIpc) is 3.36. The summed E-state index contributed by atoms with van der Waals surface area (Å²) in [6.07, 6.45) is 5.57. The fourth-order valence-corrected chi connectivity index (χ4v) is 4.80. The summed E-state index contributed by atoms with van der Waals surface area (Å²) >= 11 is 0. The van der Waals surface area contributed by atoms with E-state index >= 15 is 0 Å². The molecule has 1 fully saturated rings. The first-order valence-electron chi connectivity index (χ1n) is 13.5. The van der Waals surface area contributed by atoms with Crippen LogP contribution in [0.4, 0.5) is 21.2 Å². The number of hydrogen-bond acceptors (Lipinski definition) is 8. The Morgan fingerprint density at radius 2 is 1.93 bits per heavy atom. The molecular formula is C28H38N8O4. The highest BCUT2D eigenvalue weighted by Crippen LogP contribution is 2.29. The molecule has 1 aliphatic heterocycles. The van der Waals surface area contributed by atoms with E-state index in [9.17, 15) is 14.4 Å². The van der Waals surface area contributed by atoms with E-state index in [0.29, 0.717) is 36.2 Å². The Morgan fingerprint density at radius 1 is 1.15 bits per heavy atom. The lowest BCUT2D eigenvalue weighted by atomic mass is 9.92. The van der Waals surface area contributed by atoms with Crippen LogP contribution in [0.2, 0.25) is 0 Å². The van der Waals surface area contributed by atoms with Crippen molar-refractivity contribution in [2.24, 2.45) is 5.92 Å². The van der Waals surface area contributed by atoms with Crippen molar-refractivity contribution >= 4 is 40.7 Å². The molecule has 1 aliphatic rings. The van der Waals surface area contributed by atoms with Crippen LogP contribution < -0.4 is 15.5 Å². The first-order valence-corrected chi connectivity index (χ1v) is 13.5. The van der Waals surface area contributed by atoms with Gasteiger partial charge in [0, 0.05) is 45.5 Å². The average molecular weight is 551 g/mol. The molecule has 4 rings (SSSR count). The van der Waals surface area contributed by atoms with Gasteiger partial charge in [0.2, 0.25) is 5.91 Å². The van der Waals surface area contributed by atoms with Crippen LogP contribution in [0.25, 0.3) is 11.0 Å². The topological polar surface area (TPSA) is 135 Å². The number of pyridine rings is 1. The van der Waals surface area contributed by atoms with Crippen LogP contribution in [0.5, 0.6) is 0 Å². The number of likely N-dealkylation sites (N-methyl/N-ethyl adjacent to an activating group) is 1. The maximum atomic E-state index is 13.1. The van der Waals surface area contributed by atoms with Gasteiger partial charge >= 0.3 is 12.1 Å². The van der Waals surface area contributed by atoms with Crippen LogP contribution in [-0.4, -0.2) is 74.2 Å². The number of amides is 3. The van der Waals surface area contributed by atoms with Crippen LogP contribution in [0, 0.1) is 5.92 Å². The first kappa shape index (κ1) is 28.8. The van der Waals surface area contributed by atoms with E-state index in [1.807, 2.05) is 24.9 Å². The zero-order valence-corrected chi connectivity index (χ0v) is 24.0. The number of nitrogens with one attached hydrogen (secondary N) is 2. The molecule has 3 aromatic heterocycles. The molecule has 40 heavy (non-hydrogen) atoms.